The molecule has 31 heavy (non-hydrogen) atoms. The number of carbonyl (C=O) groups excluding carboxylic acids is 1. The standard InChI is InChI=1S/C26H25ClO4/c27-22-13-11-21(12-14-22)24-15-23(28)26(30-17-20-9-5-2-6-10-20)25(31-24)18-29-16-19-7-3-1-4-8-19/h1-14,24-26H,15-18H2/t24-,25+,26+/m0/s1. The molecule has 0 bridgehead atoms. The minimum absolute atomic E-state index is 0.0236. The van der Waals surface area contributed by atoms with Gasteiger partial charge in [0, 0.05) is 11.4 Å². The van der Waals surface area contributed by atoms with E-state index in [1.54, 1.807) is 0 Å². The molecular formula is C26H25ClO4. The molecular weight excluding hydrogens is 412 g/mol. The topological polar surface area (TPSA) is 44.8 Å². The largest absolute Gasteiger partial charge is 0.374 e. The third-order valence-corrected chi connectivity index (χ3v) is 5.54. The van der Waals surface area contributed by atoms with E-state index < -0.39 is 12.2 Å². The van der Waals surface area contributed by atoms with Crippen LogP contribution in [0.1, 0.15) is 29.2 Å². The van der Waals surface area contributed by atoms with Gasteiger partial charge in [-0.05, 0) is 28.8 Å². The Bertz CT molecular complexity index is 960. The second-order valence-electron chi connectivity index (χ2n) is 7.60. The van der Waals surface area contributed by atoms with Crippen molar-refractivity contribution in [3.63, 3.8) is 0 Å². The van der Waals surface area contributed by atoms with Crippen LogP contribution in [0.2, 0.25) is 5.02 Å². The van der Waals surface area contributed by atoms with E-state index >= 15 is 0 Å². The van der Waals surface area contributed by atoms with Crippen molar-refractivity contribution in [1.29, 1.82) is 0 Å². The van der Waals surface area contributed by atoms with Gasteiger partial charge in [0.05, 0.1) is 25.9 Å². The first kappa shape index (κ1) is 21.7. The summed E-state index contributed by atoms with van der Waals surface area (Å²) in [6.07, 6.45) is -1.24. The highest BCUT2D eigenvalue weighted by Gasteiger charge is 2.39. The van der Waals surface area contributed by atoms with Crippen molar-refractivity contribution >= 4 is 17.4 Å². The van der Waals surface area contributed by atoms with Gasteiger partial charge in [0.2, 0.25) is 0 Å². The van der Waals surface area contributed by atoms with Gasteiger partial charge in [0.25, 0.3) is 0 Å². The average Bonchev–Trinajstić information content (AvgIpc) is 2.80. The third-order valence-electron chi connectivity index (χ3n) is 5.29. The van der Waals surface area contributed by atoms with Crippen molar-refractivity contribution < 1.29 is 19.0 Å². The van der Waals surface area contributed by atoms with E-state index in [4.69, 9.17) is 25.8 Å². The molecule has 160 valence electrons. The molecule has 1 aliphatic rings. The lowest BCUT2D eigenvalue weighted by molar-refractivity contribution is -0.179. The van der Waals surface area contributed by atoms with E-state index in [1.807, 2.05) is 84.9 Å². The van der Waals surface area contributed by atoms with Crippen LogP contribution in [-0.4, -0.2) is 24.6 Å². The Morgan fingerprint density at radius 2 is 1.45 bits per heavy atom. The van der Waals surface area contributed by atoms with Gasteiger partial charge in [-0.1, -0.05) is 84.4 Å². The molecule has 4 rings (SSSR count). The fraction of sp³-hybridized carbons (Fsp3) is 0.269. The second kappa shape index (κ2) is 10.7. The second-order valence-corrected chi connectivity index (χ2v) is 8.04. The quantitative estimate of drug-likeness (QED) is 0.465. The number of hydrogen-bond donors (Lipinski definition) is 0. The predicted octanol–water partition coefficient (Wildman–Crippen LogP) is 5.54. The number of benzene rings is 3. The minimum atomic E-state index is -0.667. The first-order chi connectivity index (χ1) is 15.2. The van der Waals surface area contributed by atoms with Gasteiger partial charge >= 0.3 is 0 Å². The van der Waals surface area contributed by atoms with Gasteiger partial charge in [-0.25, -0.2) is 0 Å². The van der Waals surface area contributed by atoms with Crippen molar-refractivity contribution in [1.82, 2.24) is 0 Å². The van der Waals surface area contributed by atoms with Crippen molar-refractivity contribution in [3.05, 3.63) is 107 Å². The number of carbonyl (C=O) groups is 1. The van der Waals surface area contributed by atoms with Crippen molar-refractivity contribution in [3.8, 4) is 0 Å². The number of ether oxygens (including phenoxy) is 3. The Kier molecular flexibility index (Phi) is 7.49. The summed E-state index contributed by atoms with van der Waals surface area (Å²) < 4.78 is 18.2. The zero-order chi connectivity index (χ0) is 21.5. The molecule has 0 radical (unpaired) electrons. The predicted molar refractivity (Wildman–Crippen MR) is 120 cm³/mol. The maximum absolute atomic E-state index is 13.0. The molecule has 1 heterocycles. The summed E-state index contributed by atoms with van der Waals surface area (Å²) in [6, 6.07) is 27.2. The molecule has 1 saturated heterocycles. The monoisotopic (exact) mass is 436 g/mol. The molecule has 0 aliphatic carbocycles. The maximum atomic E-state index is 13.0. The highest BCUT2D eigenvalue weighted by molar-refractivity contribution is 6.30. The van der Waals surface area contributed by atoms with Crippen LogP contribution in [0.25, 0.3) is 0 Å². The molecule has 3 atom stereocenters. The van der Waals surface area contributed by atoms with E-state index in [0.29, 0.717) is 18.2 Å². The van der Waals surface area contributed by atoms with Gasteiger partial charge < -0.3 is 14.2 Å². The molecule has 3 aromatic rings. The molecule has 0 saturated carbocycles. The molecule has 0 N–H and O–H groups in total. The van der Waals surface area contributed by atoms with Crippen LogP contribution in [0.15, 0.2) is 84.9 Å². The first-order valence-corrected chi connectivity index (χ1v) is 10.8. The van der Waals surface area contributed by atoms with E-state index in [9.17, 15) is 4.79 Å². The summed E-state index contributed by atoms with van der Waals surface area (Å²) in [4.78, 5) is 13.0. The summed E-state index contributed by atoms with van der Waals surface area (Å²) in [7, 11) is 0. The number of hydrogen-bond acceptors (Lipinski definition) is 4. The Labute approximate surface area is 187 Å². The van der Waals surface area contributed by atoms with Gasteiger partial charge in [-0.3, -0.25) is 4.79 Å². The lowest BCUT2D eigenvalue weighted by atomic mass is 9.95. The number of rotatable bonds is 8. The summed E-state index contributed by atoms with van der Waals surface area (Å²) in [5.41, 5.74) is 3.01. The van der Waals surface area contributed by atoms with Crippen LogP contribution in [0, 0.1) is 0 Å². The van der Waals surface area contributed by atoms with Crippen molar-refractivity contribution in [2.24, 2.45) is 0 Å². The molecule has 1 fully saturated rings. The van der Waals surface area contributed by atoms with Crippen molar-refractivity contribution in [2.45, 2.75) is 37.9 Å². The average molecular weight is 437 g/mol. The highest BCUT2D eigenvalue weighted by atomic mass is 35.5. The Balaban J connectivity index is 1.45. The van der Waals surface area contributed by atoms with Crippen LogP contribution in [0.3, 0.4) is 0 Å². The molecule has 1 aliphatic heterocycles. The number of Topliss-reactive ketones (excluding diaryl/α,β-unsaturated/α-hetero) is 1. The first-order valence-electron chi connectivity index (χ1n) is 10.4. The number of halogens is 1. The van der Waals surface area contributed by atoms with Crippen LogP contribution in [0.4, 0.5) is 0 Å². The number of ketones is 1. The maximum Gasteiger partial charge on any atom is 0.167 e. The smallest absolute Gasteiger partial charge is 0.167 e. The molecule has 5 heteroatoms. The van der Waals surface area contributed by atoms with Crippen LogP contribution >= 0.6 is 11.6 Å². The fourth-order valence-electron chi connectivity index (χ4n) is 3.66. The highest BCUT2D eigenvalue weighted by Crippen LogP contribution is 2.32. The molecule has 0 spiro atoms. The van der Waals surface area contributed by atoms with Gasteiger partial charge in [0.15, 0.2) is 5.78 Å². The summed E-state index contributed by atoms with van der Waals surface area (Å²) in [5, 5.41) is 0.651. The van der Waals surface area contributed by atoms with E-state index in [1.165, 1.54) is 0 Å². The van der Waals surface area contributed by atoms with E-state index in [-0.39, 0.29) is 24.9 Å². The lowest BCUT2D eigenvalue weighted by Crippen LogP contribution is -2.46. The van der Waals surface area contributed by atoms with Gasteiger partial charge in [-0.2, -0.15) is 0 Å². The molecule has 3 aromatic carbocycles. The lowest BCUT2D eigenvalue weighted by Gasteiger charge is -2.35. The molecule has 0 unspecified atom stereocenters. The molecule has 0 aromatic heterocycles. The fourth-order valence-corrected chi connectivity index (χ4v) is 3.79. The summed E-state index contributed by atoms with van der Waals surface area (Å²) in [6.45, 7) is 1.07. The SMILES string of the molecule is O=C1C[C@@H](c2ccc(Cl)cc2)O[C@H](COCc2ccccc2)[C@@H]1OCc1ccccc1. The van der Waals surface area contributed by atoms with Gasteiger partial charge in [0.1, 0.15) is 12.2 Å². The van der Waals surface area contributed by atoms with Crippen LogP contribution in [-0.2, 0) is 32.2 Å². The summed E-state index contributed by atoms with van der Waals surface area (Å²) in [5.74, 6) is 0.0236. The summed E-state index contributed by atoms with van der Waals surface area (Å²) >= 11 is 6.01. The molecule has 4 nitrogen and oxygen atoms in total. The Morgan fingerprint density at radius 3 is 2.10 bits per heavy atom. The van der Waals surface area contributed by atoms with Gasteiger partial charge in [-0.15, -0.1) is 0 Å². The van der Waals surface area contributed by atoms with E-state index in [2.05, 4.69) is 0 Å². The van der Waals surface area contributed by atoms with Crippen molar-refractivity contribution in [2.75, 3.05) is 6.61 Å². The third kappa shape index (κ3) is 6.02. The zero-order valence-electron chi connectivity index (χ0n) is 17.2. The zero-order valence-corrected chi connectivity index (χ0v) is 17.9. The van der Waals surface area contributed by atoms with E-state index in [0.717, 1.165) is 16.7 Å². The molecule has 0 amide bonds. The van der Waals surface area contributed by atoms with Crippen LogP contribution in [0.5, 0.6) is 0 Å². The minimum Gasteiger partial charge on any atom is -0.374 e. The Hall–Kier alpha value is -2.50. The van der Waals surface area contributed by atoms with Crippen LogP contribution < -0.4 is 0 Å². The Morgan fingerprint density at radius 1 is 0.839 bits per heavy atom. The normalized spacial score (nSPS) is 21.2.